The van der Waals surface area contributed by atoms with Crippen molar-refractivity contribution in [3.8, 4) is 0 Å². The number of hydrogen-bond donors (Lipinski definition) is 1. The molecule has 1 N–H and O–H groups in total. The highest BCUT2D eigenvalue weighted by Gasteiger charge is 2.07. The quantitative estimate of drug-likeness (QED) is 0.440. The molecule has 0 fully saturated rings. The molecule has 0 aromatic heterocycles. The minimum Gasteiger partial charge on any atom is -0.393 e. The Balaban J connectivity index is 3.09. The lowest BCUT2D eigenvalue weighted by Gasteiger charge is -2.13. The fourth-order valence-electron chi connectivity index (χ4n) is 1.51. The molecule has 0 aromatic carbocycles. The summed E-state index contributed by atoms with van der Waals surface area (Å²) in [5, 5.41) is 9.55. The third-order valence-corrected chi connectivity index (χ3v) is 2.68. The number of rotatable bonds is 9. The van der Waals surface area contributed by atoms with Crippen molar-refractivity contribution in [2.75, 3.05) is 0 Å². The van der Waals surface area contributed by atoms with E-state index in [1.807, 2.05) is 6.08 Å². The first-order valence-corrected chi connectivity index (χ1v) is 5.97. The molecule has 14 heavy (non-hydrogen) atoms. The zero-order chi connectivity index (χ0) is 10.8. The SMILES string of the molecule is C=CCCCCCCCC(O)C(C)C. The molecule has 0 heterocycles. The van der Waals surface area contributed by atoms with Crippen molar-refractivity contribution < 1.29 is 5.11 Å². The monoisotopic (exact) mass is 198 g/mol. The Bertz CT molecular complexity index is 129. The van der Waals surface area contributed by atoms with Gasteiger partial charge in [-0.3, -0.25) is 0 Å². The smallest absolute Gasteiger partial charge is 0.0563 e. The number of hydrogen-bond acceptors (Lipinski definition) is 1. The molecule has 0 aliphatic rings. The van der Waals surface area contributed by atoms with Crippen LogP contribution in [0.15, 0.2) is 12.7 Å². The fraction of sp³-hybridized carbons (Fsp3) is 0.846. The van der Waals surface area contributed by atoms with Gasteiger partial charge >= 0.3 is 0 Å². The second-order valence-electron chi connectivity index (χ2n) is 4.45. The van der Waals surface area contributed by atoms with E-state index in [4.69, 9.17) is 0 Å². The maximum absolute atomic E-state index is 9.55. The van der Waals surface area contributed by atoms with Crippen LogP contribution >= 0.6 is 0 Å². The Morgan fingerprint density at radius 3 is 2.21 bits per heavy atom. The minimum absolute atomic E-state index is 0.0943. The van der Waals surface area contributed by atoms with Gasteiger partial charge in [0.1, 0.15) is 0 Å². The molecule has 0 spiro atoms. The molecule has 1 heteroatoms. The van der Waals surface area contributed by atoms with Gasteiger partial charge in [-0.1, -0.05) is 45.6 Å². The van der Waals surface area contributed by atoms with Crippen LogP contribution in [0.5, 0.6) is 0 Å². The van der Waals surface area contributed by atoms with Crippen molar-refractivity contribution in [3.63, 3.8) is 0 Å². The van der Waals surface area contributed by atoms with Crippen molar-refractivity contribution >= 4 is 0 Å². The maximum atomic E-state index is 9.55. The molecule has 0 aliphatic heterocycles. The summed E-state index contributed by atoms with van der Waals surface area (Å²) in [7, 11) is 0. The molecule has 0 aromatic rings. The molecule has 84 valence electrons. The van der Waals surface area contributed by atoms with Crippen molar-refractivity contribution in [2.24, 2.45) is 5.92 Å². The number of allylic oxidation sites excluding steroid dienone is 1. The molecule has 0 rings (SSSR count). The van der Waals surface area contributed by atoms with Gasteiger partial charge in [0.25, 0.3) is 0 Å². The van der Waals surface area contributed by atoms with Crippen LogP contribution in [0, 0.1) is 5.92 Å². The van der Waals surface area contributed by atoms with E-state index in [0.29, 0.717) is 5.92 Å². The van der Waals surface area contributed by atoms with E-state index < -0.39 is 0 Å². The van der Waals surface area contributed by atoms with Crippen LogP contribution in [0.1, 0.15) is 58.8 Å². The lowest BCUT2D eigenvalue weighted by atomic mass is 10.00. The van der Waals surface area contributed by atoms with E-state index in [9.17, 15) is 5.11 Å². The van der Waals surface area contributed by atoms with Gasteiger partial charge < -0.3 is 5.11 Å². The van der Waals surface area contributed by atoms with Gasteiger partial charge in [0, 0.05) is 0 Å². The molecule has 1 unspecified atom stereocenters. The predicted octanol–water partition coefficient (Wildman–Crippen LogP) is 3.92. The van der Waals surface area contributed by atoms with Crippen LogP contribution in [-0.2, 0) is 0 Å². The average molecular weight is 198 g/mol. The fourth-order valence-corrected chi connectivity index (χ4v) is 1.51. The van der Waals surface area contributed by atoms with Crippen LogP contribution < -0.4 is 0 Å². The summed E-state index contributed by atoms with van der Waals surface area (Å²) in [6.07, 6.45) is 10.3. The zero-order valence-electron chi connectivity index (χ0n) is 9.84. The first kappa shape index (κ1) is 13.7. The highest BCUT2D eigenvalue weighted by Crippen LogP contribution is 2.12. The van der Waals surface area contributed by atoms with E-state index in [1.165, 1.54) is 32.1 Å². The second-order valence-corrected chi connectivity index (χ2v) is 4.45. The molecule has 0 aliphatic carbocycles. The number of unbranched alkanes of at least 4 members (excludes halogenated alkanes) is 5. The maximum Gasteiger partial charge on any atom is 0.0563 e. The molecule has 1 nitrogen and oxygen atoms in total. The van der Waals surface area contributed by atoms with Gasteiger partial charge in [0.15, 0.2) is 0 Å². The van der Waals surface area contributed by atoms with E-state index in [-0.39, 0.29) is 6.10 Å². The molecule has 0 saturated carbocycles. The Morgan fingerprint density at radius 1 is 1.07 bits per heavy atom. The molecule has 0 saturated heterocycles. The third kappa shape index (κ3) is 8.31. The highest BCUT2D eigenvalue weighted by molar-refractivity contribution is 4.65. The molecule has 0 amide bonds. The summed E-state index contributed by atoms with van der Waals surface area (Å²) in [5.41, 5.74) is 0. The first-order chi connectivity index (χ1) is 6.68. The van der Waals surface area contributed by atoms with Gasteiger partial charge in [-0.25, -0.2) is 0 Å². The van der Waals surface area contributed by atoms with Gasteiger partial charge in [0.2, 0.25) is 0 Å². The normalized spacial score (nSPS) is 13.1. The van der Waals surface area contributed by atoms with Crippen LogP contribution in [-0.4, -0.2) is 11.2 Å². The summed E-state index contributed by atoms with van der Waals surface area (Å²) >= 11 is 0. The number of aliphatic hydroxyl groups excluding tert-OH is 1. The summed E-state index contributed by atoms with van der Waals surface area (Å²) in [6, 6.07) is 0. The second kappa shape index (κ2) is 9.26. The molecular formula is C13H26O. The Kier molecular flexibility index (Phi) is 9.06. The summed E-state index contributed by atoms with van der Waals surface area (Å²) < 4.78 is 0. The van der Waals surface area contributed by atoms with Crippen LogP contribution in [0.3, 0.4) is 0 Å². The van der Waals surface area contributed by atoms with Crippen molar-refractivity contribution in [3.05, 3.63) is 12.7 Å². The predicted molar refractivity (Wildman–Crippen MR) is 63.4 cm³/mol. The summed E-state index contributed by atoms with van der Waals surface area (Å²) in [4.78, 5) is 0. The first-order valence-electron chi connectivity index (χ1n) is 5.97. The minimum atomic E-state index is -0.0943. The molecular weight excluding hydrogens is 172 g/mol. The van der Waals surface area contributed by atoms with Crippen molar-refractivity contribution in [2.45, 2.75) is 64.9 Å². The Hall–Kier alpha value is -0.300. The molecule has 1 atom stereocenters. The number of aliphatic hydroxyl groups is 1. The van der Waals surface area contributed by atoms with Gasteiger partial charge in [-0.05, 0) is 25.2 Å². The van der Waals surface area contributed by atoms with Crippen LogP contribution in [0.2, 0.25) is 0 Å². The van der Waals surface area contributed by atoms with Crippen LogP contribution in [0.25, 0.3) is 0 Å². The standard InChI is InChI=1S/C13H26O/c1-4-5-6-7-8-9-10-11-13(14)12(2)3/h4,12-14H,1,5-11H2,2-3H3. The largest absolute Gasteiger partial charge is 0.393 e. The average Bonchev–Trinajstić information content (AvgIpc) is 2.16. The van der Waals surface area contributed by atoms with Gasteiger partial charge in [-0.15, -0.1) is 6.58 Å². The van der Waals surface area contributed by atoms with E-state index in [2.05, 4.69) is 20.4 Å². The van der Waals surface area contributed by atoms with Crippen molar-refractivity contribution in [1.29, 1.82) is 0 Å². The van der Waals surface area contributed by atoms with E-state index in [0.717, 1.165) is 12.8 Å². The zero-order valence-corrected chi connectivity index (χ0v) is 9.84. The Labute approximate surface area is 89.2 Å². The van der Waals surface area contributed by atoms with E-state index in [1.54, 1.807) is 0 Å². The van der Waals surface area contributed by atoms with Gasteiger partial charge in [0.05, 0.1) is 6.10 Å². The van der Waals surface area contributed by atoms with Crippen LogP contribution in [0.4, 0.5) is 0 Å². The van der Waals surface area contributed by atoms with Crippen molar-refractivity contribution in [1.82, 2.24) is 0 Å². The summed E-state index contributed by atoms with van der Waals surface area (Å²) in [5.74, 6) is 0.413. The third-order valence-electron chi connectivity index (χ3n) is 2.68. The molecule has 0 radical (unpaired) electrons. The lowest BCUT2D eigenvalue weighted by Crippen LogP contribution is -2.13. The highest BCUT2D eigenvalue weighted by atomic mass is 16.3. The lowest BCUT2D eigenvalue weighted by molar-refractivity contribution is 0.113. The Morgan fingerprint density at radius 2 is 1.64 bits per heavy atom. The topological polar surface area (TPSA) is 20.2 Å². The summed E-state index contributed by atoms with van der Waals surface area (Å²) in [6.45, 7) is 7.86. The van der Waals surface area contributed by atoms with Gasteiger partial charge in [-0.2, -0.15) is 0 Å². The van der Waals surface area contributed by atoms with E-state index >= 15 is 0 Å². The molecule has 0 bridgehead atoms.